The van der Waals surface area contributed by atoms with E-state index in [0.717, 1.165) is 11.0 Å². The van der Waals surface area contributed by atoms with Crippen LogP contribution in [0, 0.1) is 0 Å². The molecule has 2 nitrogen and oxygen atoms in total. The molecular weight excluding hydrogens is 304 g/mol. The Bertz CT molecular complexity index is 1290. The molecule has 0 N–H and O–H groups in total. The Balaban J connectivity index is 1.99. The predicted molar refractivity (Wildman–Crippen MR) is 103 cm³/mol. The minimum atomic E-state index is 1.06. The van der Waals surface area contributed by atoms with Gasteiger partial charge in [0.05, 0.1) is 22.2 Å². The van der Waals surface area contributed by atoms with Crippen molar-refractivity contribution in [1.82, 2.24) is 9.55 Å². The average molecular weight is 318 g/mol. The lowest BCUT2D eigenvalue weighted by atomic mass is 9.94. The monoisotopic (exact) mass is 318 g/mol. The summed E-state index contributed by atoms with van der Waals surface area (Å²) in [6, 6.07) is 28.1. The van der Waals surface area contributed by atoms with Crippen LogP contribution in [0.15, 0.2) is 85.1 Å². The first kappa shape index (κ1) is 13.0. The second-order valence-corrected chi connectivity index (χ2v) is 6.47. The van der Waals surface area contributed by atoms with Crippen LogP contribution in [-0.2, 0) is 0 Å². The van der Waals surface area contributed by atoms with Crippen LogP contribution in [-0.4, -0.2) is 9.55 Å². The predicted octanol–water partition coefficient (Wildman–Crippen LogP) is 5.83. The standard InChI is InChI=1S/C23H14N2/c1-2-8-16-15(7-1)17-9-3-4-12-20(17)25-21-13-6-14-24-22(21)19-11-5-10-18(16)23(19)25/h1-14H. The second kappa shape index (κ2) is 4.58. The van der Waals surface area contributed by atoms with Gasteiger partial charge >= 0.3 is 0 Å². The van der Waals surface area contributed by atoms with Crippen LogP contribution in [0.1, 0.15) is 0 Å². The van der Waals surface area contributed by atoms with Gasteiger partial charge in [-0.2, -0.15) is 0 Å². The van der Waals surface area contributed by atoms with Gasteiger partial charge in [-0.15, -0.1) is 0 Å². The lowest BCUT2D eigenvalue weighted by molar-refractivity contribution is 1.18. The first-order valence-electron chi connectivity index (χ1n) is 8.51. The molecule has 116 valence electrons. The van der Waals surface area contributed by atoms with E-state index < -0.39 is 0 Å². The molecule has 0 aliphatic carbocycles. The summed E-state index contributed by atoms with van der Waals surface area (Å²) < 4.78 is 2.38. The van der Waals surface area contributed by atoms with Crippen molar-refractivity contribution in [2.45, 2.75) is 0 Å². The Morgan fingerprint density at radius 2 is 1.32 bits per heavy atom. The van der Waals surface area contributed by atoms with Crippen molar-refractivity contribution in [3.63, 3.8) is 0 Å². The number of fused-ring (bicyclic) bond motifs is 8. The molecule has 6 rings (SSSR count). The van der Waals surface area contributed by atoms with E-state index in [1.807, 2.05) is 12.3 Å². The van der Waals surface area contributed by atoms with Crippen LogP contribution < -0.4 is 0 Å². The third kappa shape index (κ3) is 1.56. The van der Waals surface area contributed by atoms with E-state index in [9.17, 15) is 0 Å². The zero-order valence-corrected chi connectivity index (χ0v) is 13.5. The van der Waals surface area contributed by atoms with E-state index in [1.54, 1.807) is 0 Å². The van der Waals surface area contributed by atoms with Gasteiger partial charge in [0.2, 0.25) is 0 Å². The fourth-order valence-corrected chi connectivity index (χ4v) is 4.20. The van der Waals surface area contributed by atoms with Crippen molar-refractivity contribution < 1.29 is 0 Å². The highest BCUT2D eigenvalue weighted by molar-refractivity contribution is 6.14. The molecule has 0 radical (unpaired) electrons. The SMILES string of the molecule is c1ccc2c(c1)-c1ccccc1-n1c3cccnc3c3cccc-2c31. The van der Waals surface area contributed by atoms with Crippen molar-refractivity contribution in [2.24, 2.45) is 0 Å². The van der Waals surface area contributed by atoms with E-state index >= 15 is 0 Å². The van der Waals surface area contributed by atoms with Gasteiger partial charge < -0.3 is 4.57 Å². The highest BCUT2D eigenvalue weighted by Gasteiger charge is 2.23. The number of rotatable bonds is 0. The van der Waals surface area contributed by atoms with Crippen LogP contribution in [0.5, 0.6) is 0 Å². The molecule has 0 atom stereocenters. The third-order valence-corrected chi connectivity index (χ3v) is 5.19. The first-order chi connectivity index (χ1) is 12.4. The van der Waals surface area contributed by atoms with E-state index in [4.69, 9.17) is 0 Å². The molecule has 3 aromatic carbocycles. The quantitative estimate of drug-likeness (QED) is 0.345. The molecule has 0 amide bonds. The number of pyridine rings is 1. The molecule has 0 fully saturated rings. The molecule has 0 unspecified atom stereocenters. The summed E-state index contributed by atoms with van der Waals surface area (Å²) in [5.41, 5.74) is 9.77. The molecule has 0 bridgehead atoms. The first-order valence-corrected chi connectivity index (χ1v) is 8.51. The summed E-state index contributed by atoms with van der Waals surface area (Å²) in [7, 11) is 0. The molecule has 0 saturated heterocycles. The Morgan fingerprint density at radius 1 is 0.600 bits per heavy atom. The fourth-order valence-electron chi connectivity index (χ4n) is 4.20. The maximum Gasteiger partial charge on any atom is 0.0963 e. The van der Waals surface area contributed by atoms with Gasteiger partial charge in [-0.3, -0.25) is 4.98 Å². The molecule has 0 saturated carbocycles. The van der Waals surface area contributed by atoms with Gasteiger partial charge in [0.15, 0.2) is 0 Å². The lowest BCUT2D eigenvalue weighted by Gasteiger charge is -2.11. The van der Waals surface area contributed by atoms with Gasteiger partial charge in [0.1, 0.15) is 0 Å². The molecule has 5 aromatic rings. The molecule has 2 heteroatoms. The Kier molecular flexibility index (Phi) is 2.37. The smallest absolute Gasteiger partial charge is 0.0963 e. The second-order valence-electron chi connectivity index (χ2n) is 6.47. The fraction of sp³-hybridized carbons (Fsp3) is 0. The van der Waals surface area contributed by atoms with E-state index in [-0.39, 0.29) is 0 Å². The van der Waals surface area contributed by atoms with Gasteiger partial charge in [-0.25, -0.2) is 0 Å². The normalized spacial score (nSPS) is 12.0. The number of benzene rings is 3. The summed E-state index contributed by atoms with van der Waals surface area (Å²) in [6.45, 7) is 0. The topological polar surface area (TPSA) is 17.8 Å². The average Bonchev–Trinajstić information content (AvgIpc) is 2.96. The van der Waals surface area contributed by atoms with Crippen molar-refractivity contribution in [3.8, 4) is 27.9 Å². The number of aromatic nitrogens is 2. The number of nitrogens with zero attached hydrogens (tertiary/aromatic N) is 2. The highest BCUT2D eigenvalue weighted by atomic mass is 15.0. The van der Waals surface area contributed by atoms with Crippen LogP contribution in [0.4, 0.5) is 0 Å². The van der Waals surface area contributed by atoms with Crippen LogP contribution in [0.25, 0.3) is 49.9 Å². The summed E-state index contributed by atoms with van der Waals surface area (Å²) in [5.74, 6) is 0. The molecule has 2 aromatic heterocycles. The van der Waals surface area contributed by atoms with Crippen molar-refractivity contribution in [2.75, 3.05) is 0 Å². The molecule has 1 aliphatic rings. The van der Waals surface area contributed by atoms with Gasteiger partial charge in [-0.1, -0.05) is 60.7 Å². The summed E-state index contributed by atoms with van der Waals surface area (Å²) in [5, 5.41) is 1.21. The maximum absolute atomic E-state index is 4.69. The van der Waals surface area contributed by atoms with Gasteiger partial charge in [0, 0.05) is 22.7 Å². The minimum Gasteiger partial charge on any atom is -0.306 e. The van der Waals surface area contributed by atoms with Gasteiger partial charge in [-0.05, 0) is 29.3 Å². The summed E-state index contributed by atoms with van der Waals surface area (Å²) >= 11 is 0. The largest absolute Gasteiger partial charge is 0.306 e. The number of hydrogen-bond acceptors (Lipinski definition) is 1. The number of hydrogen-bond donors (Lipinski definition) is 0. The van der Waals surface area contributed by atoms with Crippen LogP contribution >= 0.6 is 0 Å². The Labute approximate surface area is 145 Å². The Morgan fingerprint density at radius 3 is 2.20 bits per heavy atom. The van der Waals surface area contributed by atoms with E-state index in [0.29, 0.717) is 0 Å². The molecule has 3 heterocycles. The Hall–Kier alpha value is -3.39. The zero-order valence-electron chi connectivity index (χ0n) is 13.5. The van der Waals surface area contributed by atoms with Crippen molar-refractivity contribution >= 4 is 21.9 Å². The van der Waals surface area contributed by atoms with E-state index in [1.165, 1.54) is 38.8 Å². The molecule has 0 spiro atoms. The van der Waals surface area contributed by atoms with Crippen LogP contribution in [0.2, 0.25) is 0 Å². The minimum absolute atomic E-state index is 1.06. The summed E-state index contributed by atoms with van der Waals surface area (Å²) in [4.78, 5) is 4.69. The van der Waals surface area contributed by atoms with Crippen molar-refractivity contribution in [1.29, 1.82) is 0 Å². The maximum atomic E-state index is 4.69. The molecule has 25 heavy (non-hydrogen) atoms. The molecular formula is C23H14N2. The van der Waals surface area contributed by atoms with Crippen molar-refractivity contribution in [3.05, 3.63) is 85.1 Å². The summed E-state index contributed by atoms with van der Waals surface area (Å²) in [6.07, 6.45) is 1.88. The third-order valence-electron chi connectivity index (χ3n) is 5.19. The van der Waals surface area contributed by atoms with Crippen LogP contribution in [0.3, 0.4) is 0 Å². The zero-order chi connectivity index (χ0) is 16.4. The number of para-hydroxylation sites is 2. The lowest BCUT2D eigenvalue weighted by Crippen LogP contribution is -1.95. The van der Waals surface area contributed by atoms with Gasteiger partial charge in [0.25, 0.3) is 0 Å². The highest BCUT2D eigenvalue weighted by Crippen LogP contribution is 2.45. The molecule has 1 aliphatic heterocycles. The van der Waals surface area contributed by atoms with E-state index in [2.05, 4.69) is 82.3 Å².